The number of hydrogen-bond donors (Lipinski definition) is 3. The number of likely N-dealkylation sites (tertiary alicyclic amines) is 1. The number of nitrogens with two attached hydrogens (primary N) is 1. The van der Waals surface area contributed by atoms with Gasteiger partial charge < -0.3 is 11.1 Å². The van der Waals surface area contributed by atoms with Gasteiger partial charge in [0, 0.05) is 35.7 Å². The highest BCUT2D eigenvalue weighted by Gasteiger charge is 2.34. The van der Waals surface area contributed by atoms with Crippen molar-refractivity contribution in [2.75, 3.05) is 24.6 Å². The molecule has 1 aliphatic rings. The minimum absolute atomic E-state index is 0.0441. The van der Waals surface area contributed by atoms with Crippen molar-refractivity contribution < 1.29 is 14.6 Å². The Morgan fingerprint density at radius 3 is 2.70 bits per heavy atom. The van der Waals surface area contributed by atoms with E-state index in [1.807, 2.05) is 30.3 Å². The van der Waals surface area contributed by atoms with Crippen molar-refractivity contribution in [1.29, 1.82) is 0 Å². The standard InChI is InChI=1S/C22H23Cl2N5O2S2/c23-18-5-4-14(10-19(18)24)12-29(31)8-6-17(7-9-29)26-20(30)13-32-22-28-27-21(33-22)15-2-1-3-16(25)11-15/h1-5,10-11,17,31H,6-9,12-13,25H2/p+1. The molecule has 7 nitrogen and oxygen atoms in total. The number of quaternary nitrogens is 1. The predicted octanol–water partition coefficient (Wildman–Crippen LogP) is 4.87. The summed E-state index contributed by atoms with van der Waals surface area (Å²) in [7, 11) is 0. The van der Waals surface area contributed by atoms with Crippen molar-refractivity contribution in [3.8, 4) is 10.6 Å². The van der Waals surface area contributed by atoms with E-state index in [0.717, 1.165) is 20.5 Å². The molecule has 174 valence electrons. The SMILES string of the molecule is Nc1cccc(-c2nnc(SCC(=O)NC3CC[N+](O)(Cc4ccc(Cl)c(Cl)c4)CC3)s2)c1. The number of nitrogens with one attached hydrogen (secondary N) is 1. The summed E-state index contributed by atoms with van der Waals surface area (Å²) in [6, 6.07) is 12.9. The number of amides is 1. The predicted molar refractivity (Wildman–Crippen MR) is 134 cm³/mol. The number of nitrogens with zero attached hydrogens (tertiary/aromatic N) is 3. The number of halogens is 2. The molecule has 2 heterocycles. The molecule has 0 aliphatic carbocycles. The third-order valence-corrected chi connectivity index (χ3v) is 8.33. The van der Waals surface area contributed by atoms with Gasteiger partial charge in [-0.25, -0.2) is 5.21 Å². The van der Waals surface area contributed by atoms with Gasteiger partial charge in [0.25, 0.3) is 0 Å². The lowest BCUT2D eigenvalue weighted by atomic mass is 10.0. The van der Waals surface area contributed by atoms with E-state index in [2.05, 4.69) is 15.5 Å². The lowest BCUT2D eigenvalue weighted by molar-refractivity contribution is -1.12. The Morgan fingerprint density at radius 1 is 1.18 bits per heavy atom. The molecule has 0 unspecified atom stereocenters. The molecule has 11 heteroatoms. The van der Waals surface area contributed by atoms with Gasteiger partial charge in [-0.15, -0.1) is 10.2 Å². The zero-order chi connectivity index (χ0) is 23.4. The van der Waals surface area contributed by atoms with E-state index in [1.54, 1.807) is 12.1 Å². The minimum atomic E-state index is -0.0728. The van der Waals surface area contributed by atoms with Crippen LogP contribution >= 0.6 is 46.3 Å². The Labute approximate surface area is 210 Å². The van der Waals surface area contributed by atoms with Gasteiger partial charge in [0.2, 0.25) is 5.91 Å². The van der Waals surface area contributed by atoms with E-state index in [4.69, 9.17) is 28.9 Å². The number of benzene rings is 2. The van der Waals surface area contributed by atoms with Crippen LogP contribution in [0.3, 0.4) is 0 Å². The molecule has 0 saturated carbocycles. The van der Waals surface area contributed by atoms with E-state index < -0.39 is 0 Å². The fraction of sp³-hybridized carbons (Fsp3) is 0.318. The Hall–Kier alpha value is -1.88. The summed E-state index contributed by atoms with van der Waals surface area (Å²) < 4.78 is 0.662. The molecule has 1 aliphatic heterocycles. The summed E-state index contributed by atoms with van der Waals surface area (Å²) in [5.41, 5.74) is 8.35. The third-order valence-electron chi connectivity index (χ3n) is 5.48. The smallest absolute Gasteiger partial charge is 0.230 e. The number of hydrogen-bond acceptors (Lipinski definition) is 7. The van der Waals surface area contributed by atoms with Crippen molar-refractivity contribution in [2.24, 2.45) is 0 Å². The number of anilines is 1. The highest BCUT2D eigenvalue weighted by atomic mass is 35.5. The molecule has 1 aromatic heterocycles. The fourth-order valence-electron chi connectivity index (χ4n) is 3.78. The van der Waals surface area contributed by atoms with Gasteiger partial charge >= 0.3 is 0 Å². The van der Waals surface area contributed by atoms with Crippen LogP contribution in [0.5, 0.6) is 0 Å². The van der Waals surface area contributed by atoms with Gasteiger partial charge in [0.1, 0.15) is 24.6 Å². The molecular formula is C22H24Cl2N5O2S2+. The second kappa shape index (κ2) is 10.6. The Kier molecular flexibility index (Phi) is 7.78. The number of carbonyl (C=O) groups excluding carboxylic acids is 1. The number of nitrogen functional groups attached to an aromatic ring is 1. The van der Waals surface area contributed by atoms with E-state index in [-0.39, 0.29) is 22.3 Å². The first-order chi connectivity index (χ1) is 15.8. The largest absolute Gasteiger partial charge is 0.399 e. The zero-order valence-electron chi connectivity index (χ0n) is 17.7. The highest BCUT2D eigenvalue weighted by molar-refractivity contribution is 8.01. The molecule has 3 aromatic rings. The normalized spacial score (nSPS) is 20.5. The minimum Gasteiger partial charge on any atom is -0.399 e. The summed E-state index contributed by atoms with van der Waals surface area (Å²) in [5.74, 6) is 0.220. The van der Waals surface area contributed by atoms with Crippen LogP contribution in [0.15, 0.2) is 46.8 Å². The van der Waals surface area contributed by atoms with Gasteiger partial charge in [-0.05, 0) is 24.3 Å². The first kappa shape index (κ1) is 24.3. The monoisotopic (exact) mass is 524 g/mol. The van der Waals surface area contributed by atoms with E-state index >= 15 is 0 Å². The number of thioether (sulfide) groups is 1. The lowest BCUT2D eigenvalue weighted by Crippen LogP contribution is -2.54. The summed E-state index contributed by atoms with van der Waals surface area (Å²) >= 11 is 14.9. The second-order valence-electron chi connectivity index (χ2n) is 8.08. The third kappa shape index (κ3) is 6.59. The molecule has 1 amide bonds. The van der Waals surface area contributed by atoms with Crippen LogP contribution in [0.4, 0.5) is 5.69 Å². The summed E-state index contributed by atoms with van der Waals surface area (Å²) in [5, 5.41) is 24.1. The topological polar surface area (TPSA) is 101 Å². The molecule has 0 atom stereocenters. The van der Waals surface area contributed by atoms with Crippen molar-refractivity contribution >= 4 is 57.9 Å². The maximum Gasteiger partial charge on any atom is 0.230 e. The van der Waals surface area contributed by atoms with Crippen LogP contribution < -0.4 is 11.1 Å². The van der Waals surface area contributed by atoms with Crippen molar-refractivity contribution in [1.82, 2.24) is 15.5 Å². The van der Waals surface area contributed by atoms with Crippen LogP contribution in [-0.2, 0) is 11.3 Å². The number of piperidine rings is 1. The van der Waals surface area contributed by atoms with Crippen LogP contribution in [-0.4, -0.2) is 50.8 Å². The summed E-state index contributed by atoms with van der Waals surface area (Å²) in [6.07, 6.45) is 1.40. The van der Waals surface area contributed by atoms with Crippen molar-refractivity contribution in [2.45, 2.75) is 29.8 Å². The molecule has 4 N–H and O–H groups in total. The average molecular weight is 526 g/mol. The molecule has 0 spiro atoms. The van der Waals surface area contributed by atoms with Gasteiger partial charge in [0.15, 0.2) is 4.34 Å². The summed E-state index contributed by atoms with van der Waals surface area (Å²) in [4.78, 5) is 12.4. The Bertz CT molecular complexity index is 1140. The Balaban J connectivity index is 1.23. The maximum absolute atomic E-state index is 12.4. The molecule has 4 rings (SSSR count). The molecular weight excluding hydrogens is 501 g/mol. The van der Waals surface area contributed by atoms with Gasteiger partial charge in [-0.3, -0.25) is 4.79 Å². The number of rotatable bonds is 7. The van der Waals surface area contributed by atoms with Crippen molar-refractivity contribution in [3.05, 3.63) is 58.1 Å². The van der Waals surface area contributed by atoms with Gasteiger partial charge in [-0.2, -0.15) is 4.65 Å². The molecule has 2 aromatic carbocycles. The first-order valence-corrected chi connectivity index (χ1v) is 13.0. The average Bonchev–Trinajstić information content (AvgIpc) is 3.26. The molecule has 33 heavy (non-hydrogen) atoms. The molecule has 0 bridgehead atoms. The van der Waals surface area contributed by atoms with Gasteiger partial charge in [0.05, 0.1) is 15.8 Å². The lowest BCUT2D eigenvalue weighted by Gasteiger charge is -2.37. The molecule has 0 radical (unpaired) electrons. The van der Waals surface area contributed by atoms with E-state index in [1.165, 1.54) is 23.1 Å². The van der Waals surface area contributed by atoms with E-state index in [0.29, 0.717) is 48.2 Å². The number of hydroxylamine groups is 3. The number of aromatic nitrogens is 2. The molecule has 1 fully saturated rings. The maximum atomic E-state index is 12.4. The van der Waals surface area contributed by atoms with Crippen LogP contribution in [0.1, 0.15) is 18.4 Å². The quantitative estimate of drug-likeness (QED) is 0.231. The Morgan fingerprint density at radius 2 is 1.97 bits per heavy atom. The fourth-order valence-corrected chi connectivity index (χ4v) is 5.76. The second-order valence-corrected chi connectivity index (χ2v) is 11.1. The van der Waals surface area contributed by atoms with Crippen LogP contribution in [0.25, 0.3) is 10.6 Å². The summed E-state index contributed by atoms with van der Waals surface area (Å²) in [6.45, 7) is 1.57. The van der Waals surface area contributed by atoms with E-state index in [9.17, 15) is 10.0 Å². The zero-order valence-corrected chi connectivity index (χ0v) is 20.9. The van der Waals surface area contributed by atoms with Crippen LogP contribution in [0.2, 0.25) is 10.0 Å². The first-order valence-electron chi connectivity index (χ1n) is 10.4. The number of carbonyl (C=O) groups is 1. The highest BCUT2D eigenvalue weighted by Crippen LogP contribution is 2.30. The van der Waals surface area contributed by atoms with Crippen molar-refractivity contribution in [3.63, 3.8) is 0 Å². The van der Waals surface area contributed by atoms with Crippen LogP contribution in [0, 0.1) is 0 Å². The molecule has 1 saturated heterocycles. The van der Waals surface area contributed by atoms with Gasteiger partial charge in [-0.1, -0.05) is 64.5 Å².